The van der Waals surface area contributed by atoms with E-state index in [2.05, 4.69) is 34.7 Å². The highest BCUT2D eigenvalue weighted by molar-refractivity contribution is 14.0. The third kappa shape index (κ3) is 8.43. The van der Waals surface area contributed by atoms with E-state index in [1.54, 1.807) is 11.3 Å². The van der Waals surface area contributed by atoms with Crippen LogP contribution < -0.4 is 11.1 Å². The fourth-order valence-electron chi connectivity index (χ4n) is 1.49. The molecule has 0 bridgehead atoms. The Hall–Kier alpha value is -0.340. The van der Waals surface area contributed by atoms with Gasteiger partial charge in [0.1, 0.15) is 0 Å². The zero-order valence-electron chi connectivity index (χ0n) is 11.6. The summed E-state index contributed by atoms with van der Waals surface area (Å²) in [6.45, 7) is 7.23. The van der Waals surface area contributed by atoms with Crippen LogP contribution in [0.1, 0.15) is 31.1 Å². The van der Waals surface area contributed by atoms with E-state index in [0.29, 0.717) is 11.9 Å². The van der Waals surface area contributed by atoms with Crippen LogP contribution in [0, 0.1) is 0 Å². The van der Waals surface area contributed by atoms with E-state index in [1.165, 1.54) is 4.88 Å². The third-order valence-electron chi connectivity index (χ3n) is 2.54. The number of ether oxygens (including phenoxy) is 1. The van der Waals surface area contributed by atoms with Gasteiger partial charge in [0.25, 0.3) is 0 Å². The lowest BCUT2D eigenvalue weighted by molar-refractivity contribution is 0.145. The van der Waals surface area contributed by atoms with Gasteiger partial charge in [-0.2, -0.15) is 0 Å². The Balaban J connectivity index is 0.00000324. The molecule has 1 atom stereocenters. The summed E-state index contributed by atoms with van der Waals surface area (Å²) in [6, 6.07) is 4.20. The summed E-state index contributed by atoms with van der Waals surface area (Å²) in [7, 11) is 0. The quantitative estimate of drug-likeness (QED) is 0.307. The first-order valence-corrected chi connectivity index (χ1v) is 7.27. The molecule has 19 heavy (non-hydrogen) atoms. The molecule has 1 rings (SSSR count). The van der Waals surface area contributed by atoms with Crippen LogP contribution in [0.2, 0.25) is 0 Å². The number of thiophene rings is 1. The zero-order valence-corrected chi connectivity index (χ0v) is 14.7. The van der Waals surface area contributed by atoms with Crippen LogP contribution in [0.15, 0.2) is 22.5 Å². The van der Waals surface area contributed by atoms with Crippen LogP contribution in [0.4, 0.5) is 0 Å². The first-order chi connectivity index (χ1) is 8.74. The smallest absolute Gasteiger partial charge is 0.188 e. The van der Waals surface area contributed by atoms with Crippen molar-refractivity contribution in [2.75, 3.05) is 26.3 Å². The highest BCUT2D eigenvalue weighted by atomic mass is 127. The molecule has 6 heteroatoms. The van der Waals surface area contributed by atoms with Gasteiger partial charge < -0.3 is 15.8 Å². The van der Waals surface area contributed by atoms with Crippen LogP contribution in [0.5, 0.6) is 0 Å². The number of nitrogens with one attached hydrogen (secondary N) is 1. The molecule has 0 saturated heterocycles. The minimum absolute atomic E-state index is 0. The Bertz CT molecular complexity index is 344. The average Bonchev–Trinajstić information content (AvgIpc) is 2.89. The largest absolute Gasteiger partial charge is 0.382 e. The predicted molar refractivity (Wildman–Crippen MR) is 93.8 cm³/mol. The van der Waals surface area contributed by atoms with Crippen molar-refractivity contribution in [3.63, 3.8) is 0 Å². The Morgan fingerprint density at radius 2 is 2.37 bits per heavy atom. The molecule has 0 aliphatic rings. The van der Waals surface area contributed by atoms with Gasteiger partial charge in [0.05, 0.1) is 6.54 Å². The molecular weight excluding hydrogens is 373 g/mol. The van der Waals surface area contributed by atoms with Gasteiger partial charge in [-0.05, 0) is 24.8 Å². The van der Waals surface area contributed by atoms with Crippen molar-refractivity contribution in [3.05, 3.63) is 22.4 Å². The first-order valence-electron chi connectivity index (χ1n) is 6.39. The van der Waals surface area contributed by atoms with Gasteiger partial charge in [-0.1, -0.05) is 13.0 Å². The second kappa shape index (κ2) is 11.5. The van der Waals surface area contributed by atoms with Crippen molar-refractivity contribution < 1.29 is 4.74 Å². The van der Waals surface area contributed by atoms with E-state index >= 15 is 0 Å². The molecule has 0 aliphatic heterocycles. The van der Waals surface area contributed by atoms with Crippen molar-refractivity contribution in [2.45, 2.75) is 26.2 Å². The molecular formula is C13H24IN3OS. The highest BCUT2D eigenvalue weighted by Gasteiger charge is 2.05. The van der Waals surface area contributed by atoms with Gasteiger partial charge >= 0.3 is 0 Å². The maximum atomic E-state index is 5.79. The number of rotatable bonds is 8. The number of aliphatic imine (C=N–C) groups is 1. The summed E-state index contributed by atoms with van der Waals surface area (Å²) in [6.07, 6.45) is 0.949. The molecule has 1 unspecified atom stereocenters. The maximum absolute atomic E-state index is 5.79. The predicted octanol–water partition coefficient (Wildman–Crippen LogP) is 2.80. The lowest BCUT2D eigenvalue weighted by Gasteiger charge is -2.08. The summed E-state index contributed by atoms with van der Waals surface area (Å²) >= 11 is 1.76. The van der Waals surface area contributed by atoms with Crippen LogP contribution in [-0.2, 0) is 4.74 Å². The molecule has 3 N–H and O–H groups in total. The molecule has 1 aromatic rings. The van der Waals surface area contributed by atoms with E-state index in [0.717, 1.165) is 32.7 Å². The van der Waals surface area contributed by atoms with E-state index in [-0.39, 0.29) is 24.0 Å². The van der Waals surface area contributed by atoms with Crippen LogP contribution in [-0.4, -0.2) is 32.3 Å². The minimum atomic E-state index is 0. The molecule has 0 amide bonds. The van der Waals surface area contributed by atoms with Crippen molar-refractivity contribution >= 4 is 41.3 Å². The van der Waals surface area contributed by atoms with Crippen molar-refractivity contribution in [1.29, 1.82) is 0 Å². The SMILES string of the molecule is CCOCCCNC(N)=NCC(C)c1cccs1.I. The fourth-order valence-corrected chi connectivity index (χ4v) is 2.27. The summed E-state index contributed by atoms with van der Waals surface area (Å²) in [5.74, 6) is 0.948. The molecule has 0 fully saturated rings. The molecule has 0 aliphatic carbocycles. The summed E-state index contributed by atoms with van der Waals surface area (Å²) in [4.78, 5) is 5.70. The third-order valence-corrected chi connectivity index (χ3v) is 3.64. The monoisotopic (exact) mass is 397 g/mol. The van der Waals surface area contributed by atoms with Gasteiger partial charge in [0.15, 0.2) is 5.96 Å². The van der Waals surface area contributed by atoms with E-state index in [9.17, 15) is 0 Å². The van der Waals surface area contributed by atoms with Gasteiger partial charge in [0, 0.05) is 30.6 Å². The molecule has 0 radical (unpaired) electrons. The molecule has 0 saturated carbocycles. The minimum Gasteiger partial charge on any atom is -0.382 e. The Labute approximate surface area is 136 Å². The summed E-state index contributed by atoms with van der Waals surface area (Å²) in [5.41, 5.74) is 5.79. The Morgan fingerprint density at radius 3 is 3.00 bits per heavy atom. The number of hydrogen-bond acceptors (Lipinski definition) is 3. The second-order valence-electron chi connectivity index (χ2n) is 4.12. The number of halogens is 1. The van der Waals surface area contributed by atoms with Gasteiger partial charge in [-0.15, -0.1) is 35.3 Å². The molecule has 0 aromatic carbocycles. The maximum Gasteiger partial charge on any atom is 0.188 e. The molecule has 4 nitrogen and oxygen atoms in total. The topological polar surface area (TPSA) is 59.6 Å². The normalized spacial score (nSPS) is 12.8. The summed E-state index contributed by atoms with van der Waals surface area (Å²) < 4.78 is 5.24. The van der Waals surface area contributed by atoms with E-state index in [1.807, 2.05) is 6.92 Å². The molecule has 1 heterocycles. The number of guanidine groups is 1. The van der Waals surface area contributed by atoms with Crippen LogP contribution >= 0.6 is 35.3 Å². The van der Waals surface area contributed by atoms with Crippen molar-refractivity contribution in [2.24, 2.45) is 10.7 Å². The van der Waals surface area contributed by atoms with Crippen molar-refractivity contribution in [3.8, 4) is 0 Å². The molecule has 110 valence electrons. The zero-order chi connectivity index (χ0) is 13.2. The van der Waals surface area contributed by atoms with Crippen LogP contribution in [0.3, 0.4) is 0 Å². The lowest BCUT2D eigenvalue weighted by Crippen LogP contribution is -2.33. The Morgan fingerprint density at radius 1 is 1.58 bits per heavy atom. The van der Waals surface area contributed by atoms with Gasteiger partial charge in [0.2, 0.25) is 0 Å². The van der Waals surface area contributed by atoms with Gasteiger partial charge in [-0.3, -0.25) is 4.99 Å². The lowest BCUT2D eigenvalue weighted by atomic mass is 10.1. The number of hydrogen-bond donors (Lipinski definition) is 2. The number of nitrogens with zero attached hydrogens (tertiary/aromatic N) is 1. The molecule has 1 aromatic heterocycles. The van der Waals surface area contributed by atoms with Gasteiger partial charge in [-0.25, -0.2) is 0 Å². The van der Waals surface area contributed by atoms with E-state index in [4.69, 9.17) is 10.5 Å². The van der Waals surface area contributed by atoms with E-state index < -0.39 is 0 Å². The average molecular weight is 397 g/mol. The van der Waals surface area contributed by atoms with Crippen LogP contribution in [0.25, 0.3) is 0 Å². The standard InChI is InChI=1S/C13H23N3OS.HI/c1-3-17-8-5-7-15-13(14)16-10-11(2)12-6-4-9-18-12;/h4,6,9,11H,3,5,7-8,10H2,1-2H3,(H3,14,15,16);1H. The molecule has 0 spiro atoms. The summed E-state index contributed by atoms with van der Waals surface area (Å²) in [5, 5.41) is 5.18. The second-order valence-corrected chi connectivity index (χ2v) is 5.10. The highest BCUT2D eigenvalue weighted by Crippen LogP contribution is 2.20. The fraction of sp³-hybridized carbons (Fsp3) is 0.615. The first kappa shape index (κ1) is 18.7. The van der Waals surface area contributed by atoms with Crippen molar-refractivity contribution in [1.82, 2.24) is 5.32 Å². The number of nitrogens with two attached hydrogens (primary N) is 1. The Kier molecular flexibility index (Phi) is 11.3.